The van der Waals surface area contributed by atoms with Crippen molar-refractivity contribution in [3.63, 3.8) is 0 Å². The number of fused-ring (bicyclic) bond motifs is 1. The molecule has 14 heavy (non-hydrogen) atoms. The second-order valence-corrected chi connectivity index (χ2v) is 2.80. The van der Waals surface area contributed by atoms with E-state index in [1.165, 1.54) is 0 Å². The second-order valence-electron chi connectivity index (χ2n) is 2.80. The van der Waals surface area contributed by atoms with E-state index in [-0.39, 0.29) is 5.97 Å². The summed E-state index contributed by atoms with van der Waals surface area (Å²) in [6, 6.07) is 3.69. The molecule has 4 heteroatoms. The zero-order chi connectivity index (χ0) is 9.97. The van der Waals surface area contributed by atoms with E-state index in [9.17, 15) is 4.79 Å². The van der Waals surface area contributed by atoms with Crippen LogP contribution in [0.4, 0.5) is 0 Å². The monoisotopic (exact) mass is 190 g/mol. The van der Waals surface area contributed by atoms with Gasteiger partial charge in [0.05, 0.1) is 12.1 Å². The number of esters is 1. The van der Waals surface area contributed by atoms with Crippen molar-refractivity contribution < 1.29 is 9.53 Å². The summed E-state index contributed by atoms with van der Waals surface area (Å²) < 4.78 is 6.72. The van der Waals surface area contributed by atoms with Crippen LogP contribution in [-0.2, 0) is 4.74 Å². The van der Waals surface area contributed by atoms with E-state index in [0.29, 0.717) is 12.3 Å². The second kappa shape index (κ2) is 3.49. The molecular formula is C10H10N2O2. The van der Waals surface area contributed by atoms with E-state index in [2.05, 4.69) is 4.98 Å². The van der Waals surface area contributed by atoms with E-state index in [1.54, 1.807) is 19.3 Å². The molecule has 0 saturated heterocycles. The molecule has 2 aromatic rings. The van der Waals surface area contributed by atoms with Crippen LogP contribution < -0.4 is 0 Å². The van der Waals surface area contributed by atoms with Crippen LogP contribution >= 0.6 is 0 Å². The van der Waals surface area contributed by atoms with Crippen molar-refractivity contribution in [2.24, 2.45) is 0 Å². The standard InChI is InChI=1S/C10H10N2O2/c1-2-14-10(13)9-8-4-3-6-12(8)7-5-11-9/h3-7H,2H2,1H3. The van der Waals surface area contributed by atoms with Crippen LogP contribution in [0, 0.1) is 0 Å². The van der Waals surface area contributed by atoms with Gasteiger partial charge in [-0.25, -0.2) is 9.78 Å². The molecule has 0 N–H and O–H groups in total. The number of hydrogen-bond donors (Lipinski definition) is 0. The summed E-state index contributed by atoms with van der Waals surface area (Å²) >= 11 is 0. The maximum absolute atomic E-state index is 11.5. The first-order valence-electron chi connectivity index (χ1n) is 4.41. The third-order valence-corrected chi connectivity index (χ3v) is 1.92. The highest BCUT2D eigenvalue weighted by Crippen LogP contribution is 2.09. The van der Waals surface area contributed by atoms with Gasteiger partial charge in [-0.3, -0.25) is 0 Å². The van der Waals surface area contributed by atoms with Crippen LogP contribution in [0.3, 0.4) is 0 Å². The van der Waals surface area contributed by atoms with E-state index >= 15 is 0 Å². The summed E-state index contributed by atoms with van der Waals surface area (Å²) in [6.45, 7) is 2.14. The lowest BCUT2D eigenvalue weighted by Crippen LogP contribution is -2.08. The highest BCUT2D eigenvalue weighted by molar-refractivity contribution is 5.94. The lowest BCUT2D eigenvalue weighted by atomic mass is 10.3. The molecule has 4 nitrogen and oxygen atoms in total. The van der Waals surface area contributed by atoms with E-state index in [1.807, 2.05) is 22.7 Å². The van der Waals surface area contributed by atoms with Crippen molar-refractivity contribution >= 4 is 11.5 Å². The fourth-order valence-electron chi connectivity index (χ4n) is 1.33. The Bertz CT molecular complexity index is 462. The molecule has 0 spiro atoms. The molecule has 0 saturated carbocycles. The Morgan fingerprint density at radius 2 is 2.43 bits per heavy atom. The number of carbonyl (C=O) groups is 1. The van der Waals surface area contributed by atoms with Gasteiger partial charge in [-0.1, -0.05) is 0 Å². The zero-order valence-electron chi connectivity index (χ0n) is 7.80. The van der Waals surface area contributed by atoms with Gasteiger partial charge in [0.25, 0.3) is 0 Å². The molecule has 0 fully saturated rings. The van der Waals surface area contributed by atoms with Crippen LogP contribution in [0.2, 0.25) is 0 Å². The third-order valence-electron chi connectivity index (χ3n) is 1.92. The minimum atomic E-state index is -0.378. The summed E-state index contributed by atoms with van der Waals surface area (Å²) in [7, 11) is 0. The van der Waals surface area contributed by atoms with Crippen molar-refractivity contribution in [3.05, 3.63) is 36.4 Å². The van der Waals surface area contributed by atoms with E-state index in [0.717, 1.165) is 5.52 Å². The van der Waals surface area contributed by atoms with Crippen molar-refractivity contribution in [2.75, 3.05) is 6.61 Å². The number of ether oxygens (including phenoxy) is 1. The average Bonchev–Trinajstić information content (AvgIpc) is 2.65. The van der Waals surface area contributed by atoms with E-state index < -0.39 is 0 Å². The quantitative estimate of drug-likeness (QED) is 0.674. The molecule has 0 amide bonds. The third kappa shape index (κ3) is 1.35. The van der Waals surface area contributed by atoms with Gasteiger partial charge in [0, 0.05) is 18.6 Å². The molecule has 0 aromatic carbocycles. The van der Waals surface area contributed by atoms with Gasteiger partial charge in [0.15, 0.2) is 5.69 Å². The molecule has 2 aromatic heterocycles. The van der Waals surface area contributed by atoms with Crippen molar-refractivity contribution in [1.29, 1.82) is 0 Å². The Labute approximate surface area is 81.1 Å². The largest absolute Gasteiger partial charge is 0.461 e. The highest BCUT2D eigenvalue weighted by Gasteiger charge is 2.11. The first-order valence-corrected chi connectivity index (χ1v) is 4.41. The maximum atomic E-state index is 11.5. The molecule has 2 heterocycles. The van der Waals surface area contributed by atoms with Crippen LogP contribution in [0.25, 0.3) is 5.52 Å². The normalized spacial score (nSPS) is 10.4. The SMILES string of the molecule is CCOC(=O)c1nccn2cccc12. The molecule has 0 atom stereocenters. The Kier molecular flexibility index (Phi) is 2.18. The first kappa shape index (κ1) is 8.74. The van der Waals surface area contributed by atoms with Crippen LogP contribution in [0.5, 0.6) is 0 Å². The Morgan fingerprint density at radius 3 is 3.21 bits per heavy atom. The van der Waals surface area contributed by atoms with E-state index in [4.69, 9.17) is 4.74 Å². The van der Waals surface area contributed by atoms with Gasteiger partial charge in [-0.15, -0.1) is 0 Å². The topological polar surface area (TPSA) is 43.6 Å². The Hall–Kier alpha value is -1.84. The fraction of sp³-hybridized carbons (Fsp3) is 0.200. The van der Waals surface area contributed by atoms with Crippen molar-refractivity contribution in [3.8, 4) is 0 Å². The van der Waals surface area contributed by atoms with Crippen molar-refractivity contribution in [2.45, 2.75) is 6.92 Å². The highest BCUT2D eigenvalue weighted by atomic mass is 16.5. The summed E-state index contributed by atoms with van der Waals surface area (Å²) in [5.41, 5.74) is 1.13. The van der Waals surface area contributed by atoms with Crippen LogP contribution in [0.15, 0.2) is 30.7 Å². The molecule has 0 aliphatic carbocycles. The average molecular weight is 190 g/mol. The summed E-state index contributed by atoms with van der Waals surface area (Å²) in [5.74, 6) is -0.378. The predicted octanol–water partition coefficient (Wildman–Crippen LogP) is 1.51. The summed E-state index contributed by atoms with van der Waals surface area (Å²) in [6.07, 6.45) is 5.23. The van der Waals surface area contributed by atoms with Gasteiger partial charge < -0.3 is 9.14 Å². The Balaban J connectivity index is 2.50. The summed E-state index contributed by atoms with van der Waals surface area (Å²) in [4.78, 5) is 15.5. The maximum Gasteiger partial charge on any atom is 0.359 e. The van der Waals surface area contributed by atoms with Gasteiger partial charge in [-0.2, -0.15) is 0 Å². The molecule has 0 aliphatic rings. The fourth-order valence-corrected chi connectivity index (χ4v) is 1.33. The Morgan fingerprint density at radius 1 is 1.57 bits per heavy atom. The lowest BCUT2D eigenvalue weighted by molar-refractivity contribution is 0.0521. The first-order chi connectivity index (χ1) is 6.83. The van der Waals surface area contributed by atoms with Gasteiger partial charge in [0.2, 0.25) is 0 Å². The van der Waals surface area contributed by atoms with Gasteiger partial charge in [0.1, 0.15) is 0 Å². The predicted molar refractivity (Wildman–Crippen MR) is 51.1 cm³/mol. The molecular weight excluding hydrogens is 180 g/mol. The minimum Gasteiger partial charge on any atom is -0.461 e. The molecule has 0 aliphatic heterocycles. The molecule has 72 valence electrons. The molecule has 0 bridgehead atoms. The number of nitrogens with zero attached hydrogens (tertiary/aromatic N) is 2. The number of rotatable bonds is 2. The minimum absolute atomic E-state index is 0.361. The zero-order valence-corrected chi connectivity index (χ0v) is 7.80. The molecule has 2 rings (SSSR count). The number of hydrogen-bond acceptors (Lipinski definition) is 3. The van der Waals surface area contributed by atoms with Crippen LogP contribution in [-0.4, -0.2) is 22.0 Å². The van der Waals surface area contributed by atoms with Gasteiger partial charge >= 0.3 is 5.97 Å². The number of aromatic nitrogens is 2. The van der Waals surface area contributed by atoms with Crippen LogP contribution in [0.1, 0.15) is 17.4 Å². The lowest BCUT2D eigenvalue weighted by Gasteiger charge is -2.02. The molecule has 0 unspecified atom stereocenters. The number of carbonyl (C=O) groups excluding carboxylic acids is 1. The smallest absolute Gasteiger partial charge is 0.359 e. The van der Waals surface area contributed by atoms with Gasteiger partial charge in [-0.05, 0) is 19.1 Å². The van der Waals surface area contributed by atoms with Crippen molar-refractivity contribution in [1.82, 2.24) is 9.38 Å². The molecule has 0 radical (unpaired) electrons. The summed E-state index contributed by atoms with van der Waals surface area (Å²) in [5, 5.41) is 0.